The van der Waals surface area contributed by atoms with E-state index in [-0.39, 0.29) is 23.3 Å². The van der Waals surface area contributed by atoms with Gasteiger partial charge in [0.05, 0.1) is 10.6 Å². The number of hydrogen-bond acceptors (Lipinski definition) is 5. The van der Waals surface area contributed by atoms with Crippen LogP contribution < -0.4 is 15.4 Å². The Balaban J connectivity index is 1.63. The molecule has 8 nitrogen and oxygen atoms in total. The van der Waals surface area contributed by atoms with E-state index in [4.69, 9.17) is 4.74 Å². The first-order chi connectivity index (χ1) is 15.1. The summed E-state index contributed by atoms with van der Waals surface area (Å²) < 4.78 is 34.0. The van der Waals surface area contributed by atoms with Crippen LogP contribution in [0.5, 0.6) is 5.75 Å². The van der Waals surface area contributed by atoms with E-state index in [1.165, 1.54) is 10.4 Å². The molecule has 0 radical (unpaired) electrons. The fourth-order valence-corrected chi connectivity index (χ4v) is 6.02. The number of hydrogen-bond donors (Lipinski definition) is 2. The minimum Gasteiger partial charge on any atom is -0.479 e. The quantitative estimate of drug-likeness (QED) is 0.734. The van der Waals surface area contributed by atoms with E-state index in [0.717, 1.165) is 11.1 Å². The molecule has 2 aliphatic rings. The average molecular weight is 458 g/mol. The fraction of sp³-hybridized carbons (Fsp3) is 0.391. The third-order valence-corrected chi connectivity index (χ3v) is 8.21. The number of ether oxygens (including phenoxy) is 1. The number of benzene rings is 2. The summed E-state index contributed by atoms with van der Waals surface area (Å²) in [7, 11) is -3.96. The van der Waals surface area contributed by atoms with Gasteiger partial charge in [0.1, 0.15) is 11.8 Å². The smallest absolute Gasteiger partial charge is 0.265 e. The van der Waals surface area contributed by atoms with Crippen molar-refractivity contribution in [3.8, 4) is 5.75 Å². The van der Waals surface area contributed by atoms with Crippen LogP contribution in [0, 0.1) is 20.8 Å². The van der Waals surface area contributed by atoms with Crippen LogP contribution in [-0.4, -0.2) is 43.2 Å². The Bertz CT molecular complexity index is 1210. The fourth-order valence-electron chi connectivity index (χ4n) is 4.14. The van der Waals surface area contributed by atoms with Gasteiger partial charge in [0.25, 0.3) is 5.91 Å². The van der Waals surface area contributed by atoms with Crippen LogP contribution in [0.25, 0.3) is 0 Å². The van der Waals surface area contributed by atoms with Crippen LogP contribution in [0.15, 0.2) is 35.2 Å². The standard InChI is InChI=1S/C23H27N3O5S/c1-13-7-5-8-17(15(13)3)24-23(28)19-9-6-10-26(19)32(29,30)21-12-20-18(11-14(21)2)25-22(27)16(4)31-20/h5,7-8,11-12,16,19H,6,9-10H2,1-4H3,(H,24,28)(H,25,27)/t16-,19-/m1/s1. The van der Waals surface area contributed by atoms with Gasteiger partial charge in [-0.1, -0.05) is 12.1 Å². The zero-order valence-electron chi connectivity index (χ0n) is 18.6. The number of anilines is 2. The van der Waals surface area contributed by atoms with Crippen molar-refractivity contribution in [2.75, 3.05) is 17.2 Å². The molecule has 170 valence electrons. The summed E-state index contributed by atoms with van der Waals surface area (Å²) in [5, 5.41) is 5.63. The van der Waals surface area contributed by atoms with Crippen LogP contribution in [0.4, 0.5) is 11.4 Å². The maximum absolute atomic E-state index is 13.6. The summed E-state index contributed by atoms with van der Waals surface area (Å²) in [5.74, 6) is -0.320. The molecule has 9 heteroatoms. The molecule has 2 amide bonds. The Morgan fingerprint density at radius 2 is 1.94 bits per heavy atom. The molecule has 2 aromatic carbocycles. The topological polar surface area (TPSA) is 105 Å². The van der Waals surface area contributed by atoms with Crippen molar-refractivity contribution in [1.82, 2.24) is 4.31 Å². The first-order valence-electron chi connectivity index (χ1n) is 10.6. The van der Waals surface area contributed by atoms with E-state index in [0.29, 0.717) is 35.5 Å². The van der Waals surface area contributed by atoms with Crippen LogP contribution in [0.1, 0.15) is 36.5 Å². The zero-order chi connectivity index (χ0) is 23.2. The van der Waals surface area contributed by atoms with Gasteiger partial charge in [-0.15, -0.1) is 0 Å². The summed E-state index contributed by atoms with van der Waals surface area (Å²) in [5.41, 5.74) is 3.59. The van der Waals surface area contributed by atoms with Crippen molar-refractivity contribution in [3.63, 3.8) is 0 Å². The molecule has 32 heavy (non-hydrogen) atoms. The van der Waals surface area contributed by atoms with E-state index in [1.807, 2.05) is 32.0 Å². The normalized spacial score (nSPS) is 20.9. The highest BCUT2D eigenvalue weighted by Gasteiger charge is 2.41. The van der Waals surface area contributed by atoms with Crippen LogP contribution >= 0.6 is 0 Å². The molecule has 0 spiro atoms. The average Bonchev–Trinajstić information content (AvgIpc) is 3.23. The van der Waals surface area contributed by atoms with E-state index < -0.39 is 22.2 Å². The number of carbonyl (C=O) groups excluding carboxylic acids is 2. The molecular formula is C23H27N3O5S. The highest BCUT2D eigenvalue weighted by atomic mass is 32.2. The molecule has 2 aliphatic heterocycles. The van der Waals surface area contributed by atoms with E-state index in [2.05, 4.69) is 10.6 Å². The predicted molar refractivity (Wildman–Crippen MR) is 121 cm³/mol. The predicted octanol–water partition coefficient (Wildman–Crippen LogP) is 3.12. The first kappa shape index (κ1) is 22.3. The van der Waals surface area contributed by atoms with Gasteiger partial charge in [-0.05, 0) is 69.4 Å². The van der Waals surface area contributed by atoms with Crippen molar-refractivity contribution < 1.29 is 22.7 Å². The SMILES string of the molecule is Cc1cc2c(cc1S(=O)(=O)N1CCC[C@@H]1C(=O)Nc1cccc(C)c1C)O[C@H](C)C(=O)N2. The number of carbonyl (C=O) groups is 2. The summed E-state index contributed by atoms with van der Waals surface area (Å²) in [6, 6.07) is 7.86. The van der Waals surface area contributed by atoms with Crippen molar-refractivity contribution in [2.45, 2.75) is 57.6 Å². The van der Waals surface area contributed by atoms with E-state index in [9.17, 15) is 18.0 Å². The Hall–Kier alpha value is -2.91. The lowest BCUT2D eigenvalue weighted by Crippen LogP contribution is -2.43. The second kappa shape index (κ2) is 8.22. The van der Waals surface area contributed by atoms with Gasteiger partial charge < -0.3 is 15.4 Å². The molecular weight excluding hydrogens is 430 g/mol. The molecule has 0 aromatic heterocycles. The van der Waals surface area contributed by atoms with E-state index in [1.54, 1.807) is 19.9 Å². The number of aryl methyl sites for hydroxylation is 2. The van der Waals surface area contributed by atoms with Gasteiger partial charge in [-0.2, -0.15) is 4.31 Å². The van der Waals surface area contributed by atoms with Crippen molar-refractivity contribution >= 4 is 33.2 Å². The van der Waals surface area contributed by atoms with Crippen LogP contribution in [0.3, 0.4) is 0 Å². The third kappa shape index (κ3) is 3.86. The summed E-state index contributed by atoms with van der Waals surface area (Å²) in [4.78, 5) is 25.0. The second-order valence-corrected chi connectivity index (χ2v) is 10.2. The van der Waals surface area contributed by atoms with E-state index >= 15 is 0 Å². The second-order valence-electron chi connectivity index (χ2n) is 8.37. The van der Waals surface area contributed by atoms with Crippen LogP contribution in [0.2, 0.25) is 0 Å². The molecule has 2 atom stereocenters. The molecule has 2 aromatic rings. The number of sulfonamides is 1. The van der Waals surface area contributed by atoms with Gasteiger partial charge in [0.15, 0.2) is 6.10 Å². The lowest BCUT2D eigenvalue weighted by Gasteiger charge is -2.27. The van der Waals surface area contributed by atoms with Crippen molar-refractivity contribution in [3.05, 3.63) is 47.0 Å². The Morgan fingerprint density at radius 1 is 1.19 bits per heavy atom. The van der Waals surface area contributed by atoms with Crippen molar-refractivity contribution in [2.24, 2.45) is 0 Å². The number of nitrogens with one attached hydrogen (secondary N) is 2. The lowest BCUT2D eigenvalue weighted by atomic mass is 10.1. The molecule has 1 saturated heterocycles. The highest BCUT2D eigenvalue weighted by Crippen LogP contribution is 2.37. The highest BCUT2D eigenvalue weighted by molar-refractivity contribution is 7.89. The van der Waals surface area contributed by atoms with Gasteiger partial charge in [0, 0.05) is 18.3 Å². The monoisotopic (exact) mass is 457 g/mol. The maximum atomic E-state index is 13.6. The Kier molecular flexibility index (Phi) is 5.72. The van der Waals surface area contributed by atoms with Gasteiger partial charge >= 0.3 is 0 Å². The molecule has 0 aliphatic carbocycles. The maximum Gasteiger partial charge on any atom is 0.265 e. The van der Waals surface area contributed by atoms with Gasteiger partial charge in [-0.25, -0.2) is 8.42 Å². The molecule has 2 N–H and O–H groups in total. The summed E-state index contributed by atoms with van der Waals surface area (Å²) >= 11 is 0. The minimum atomic E-state index is -3.96. The number of fused-ring (bicyclic) bond motifs is 1. The molecule has 0 unspecified atom stereocenters. The van der Waals surface area contributed by atoms with Gasteiger partial charge in [-0.3, -0.25) is 9.59 Å². The summed E-state index contributed by atoms with van der Waals surface area (Å²) in [6.45, 7) is 7.41. The first-order valence-corrected chi connectivity index (χ1v) is 12.0. The van der Waals surface area contributed by atoms with Crippen LogP contribution in [-0.2, 0) is 19.6 Å². The Morgan fingerprint density at radius 3 is 2.69 bits per heavy atom. The van der Waals surface area contributed by atoms with Crippen molar-refractivity contribution in [1.29, 1.82) is 0 Å². The molecule has 0 bridgehead atoms. The zero-order valence-corrected chi connectivity index (χ0v) is 19.4. The number of rotatable bonds is 4. The third-order valence-electron chi connectivity index (χ3n) is 6.16. The lowest BCUT2D eigenvalue weighted by molar-refractivity contribution is -0.122. The summed E-state index contributed by atoms with van der Waals surface area (Å²) in [6.07, 6.45) is 0.324. The molecule has 0 saturated carbocycles. The number of nitrogens with zero attached hydrogens (tertiary/aromatic N) is 1. The Labute approximate surface area is 188 Å². The minimum absolute atomic E-state index is 0.0750. The number of amides is 2. The molecule has 4 rings (SSSR count). The molecule has 1 fully saturated rings. The van der Waals surface area contributed by atoms with Gasteiger partial charge in [0.2, 0.25) is 15.9 Å². The molecule has 2 heterocycles. The largest absolute Gasteiger partial charge is 0.479 e.